The molecule has 1 aromatic rings. The summed E-state index contributed by atoms with van der Waals surface area (Å²) in [5, 5.41) is 10.9. The quantitative estimate of drug-likeness (QED) is 0.454. The van der Waals surface area contributed by atoms with E-state index in [1.54, 1.807) is 13.8 Å². The number of nitrogens with zero attached hydrogens (tertiary/aromatic N) is 1. The first-order valence-corrected chi connectivity index (χ1v) is 8.28. The lowest BCUT2D eigenvalue weighted by Crippen LogP contribution is -2.30. The molecule has 1 heterocycles. The number of nitro groups is 1. The standard InChI is InChI=1S/C18H20N2O7/c1-4-25-17(21)13-10(3)27-16(19)15(18(22)26-5-2)14(13)11-6-8-12(9-7-11)20(23)24/h6-9,14H,4-5,19H2,1-3H3. The van der Waals surface area contributed by atoms with Crippen LogP contribution in [0.3, 0.4) is 0 Å². The molecule has 1 aliphatic rings. The van der Waals surface area contributed by atoms with Crippen molar-refractivity contribution in [3.63, 3.8) is 0 Å². The van der Waals surface area contributed by atoms with Crippen LogP contribution in [0.15, 0.2) is 47.1 Å². The zero-order valence-electron chi connectivity index (χ0n) is 15.2. The summed E-state index contributed by atoms with van der Waals surface area (Å²) >= 11 is 0. The number of benzene rings is 1. The molecule has 0 saturated carbocycles. The van der Waals surface area contributed by atoms with Gasteiger partial charge >= 0.3 is 11.9 Å². The van der Waals surface area contributed by atoms with Gasteiger partial charge in [-0.3, -0.25) is 10.1 Å². The number of carbonyl (C=O) groups excluding carboxylic acids is 2. The van der Waals surface area contributed by atoms with Crippen molar-refractivity contribution >= 4 is 17.6 Å². The van der Waals surface area contributed by atoms with E-state index < -0.39 is 22.8 Å². The fourth-order valence-corrected chi connectivity index (χ4v) is 2.78. The van der Waals surface area contributed by atoms with Gasteiger partial charge in [0.1, 0.15) is 11.3 Å². The van der Waals surface area contributed by atoms with E-state index in [-0.39, 0.29) is 41.7 Å². The molecule has 0 aliphatic carbocycles. The van der Waals surface area contributed by atoms with Crippen LogP contribution in [0.2, 0.25) is 0 Å². The van der Waals surface area contributed by atoms with E-state index in [4.69, 9.17) is 19.9 Å². The Balaban J connectivity index is 2.62. The van der Waals surface area contributed by atoms with Crippen LogP contribution < -0.4 is 5.73 Å². The average Bonchev–Trinajstić information content (AvgIpc) is 2.61. The molecule has 0 fully saturated rings. The molecule has 1 unspecified atom stereocenters. The van der Waals surface area contributed by atoms with E-state index in [1.807, 2.05) is 0 Å². The largest absolute Gasteiger partial charge is 0.463 e. The summed E-state index contributed by atoms with van der Waals surface area (Å²) in [6.07, 6.45) is 0. The Hall–Kier alpha value is -3.36. The van der Waals surface area contributed by atoms with Crippen molar-refractivity contribution < 1.29 is 28.7 Å². The molecule has 9 nitrogen and oxygen atoms in total. The maximum Gasteiger partial charge on any atom is 0.340 e. The highest BCUT2D eigenvalue weighted by Gasteiger charge is 2.40. The summed E-state index contributed by atoms with van der Waals surface area (Å²) in [4.78, 5) is 35.4. The van der Waals surface area contributed by atoms with Crippen molar-refractivity contribution in [3.8, 4) is 0 Å². The predicted octanol–water partition coefficient (Wildman–Crippen LogP) is 2.28. The Morgan fingerprint density at radius 3 is 2.11 bits per heavy atom. The van der Waals surface area contributed by atoms with Crippen LogP contribution >= 0.6 is 0 Å². The molecular weight excluding hydrogens is 356 g/mol. The lowest BCUT2D eigenvalue weighted by atomic mass is 9.82. The van der Waals surface area contributed by atoms with Gasteiger partial charge in [-0.05, 0) is 26.3 Å². The SMILES string of the molecule is CCOC(=O)C1=C(C)OC(N)=C(C(=O)OCC)C1c1ccc([N+](=O)[O-])cc1. The van der Waals surface area contributed by atoms with E-state index in [0.717, 1.165) is 0 Å². The molecule has 0 bridgehead atoms. The number of hydrogen-bond acceptors (Lipinski definition) is 8. The predicted molar refractivity (Wildman–Crippen MR) is 94.1 cm³/mol. The van der Waals surface area contributed by atoms with E-state index in [2.05, 4.69) is 0 Å². The zero-order chi connectivity index (χ0) is 20.1. The van der Waals surface area contributed by atoms with Crippen molar-refractivity contribution in [3.05, 3.63) is 62.7 Å². The van der Waals surface area contributed by atoms with Crippen molar-refractivity contribution in [2.75, 3.05) is 13.2 Å². The first kappa shape index (κ1) is 20.0. The summed E-state index contributed by atoms with van der Waals surface area (Å²) in [6.45, 7) is 5.03. The second-order valence-corrected chi connectivity index (χ2v) is 5.57. The number of nitro benzene ring substituents is 1. The number of hydrogen-bond donors (Lipinski definition) is 1. The van der Waals surface area contributed by atoms with Gasteiger partial charge in [-0.25, -0.2) is 9.59 Å². The molecule has 144 valence electrons. The maximum absolute atomic E-state index is 12.5. The summed E-state index contributed by atoms with van der Waals surface area (Å²) in [5.41, 5.74) is 6.25. The number of allylic oxidation sites excluding steroid dienone is 1. The van der Waals surface area contributed by atoms with Crippen LogP contribution in [0.1, 0.15) is 32.3 Å². The lowest BCUT2D eigenvalue weighted by Gasteiger charge is -2.28. The normalized spacial score (nSPS) is 16.6. The van der Waals surface area contributed by atoms with Crippen molar-refractivity contribution in [1.82, 2.24) is 0 Å². The van der Waals surface area contributed by atoms with Crippen LogP contribution in [-0.2, 0) is 23.8 Å². The maximum atomic E-state index is 12.5. The van der Waals surface area contributed by atoms with Gasteiger partial charge in [-0.15, -0.1) is 0 Å². The topological polar surface area (TPSA) is 131 Å². The van der Waals surface area contributed by atoms with Crippen LogP contribution in [0.4, 0.5) is 5.69 Å². The molecule has 0 aromatic heterocycles. The molecule has 27 heavy (non-hydrogen) atoms. The minimum absolute atomic E-state index is 0.0562. The van der Waals surface area contributed by atoms with Gasteiger partial charge in [0.05, 0.1) is 29.6 Å². The van der Waals surface area contributed by atoms with Gasteiger partial charge in [0, 0.05) is 12.1 Å². The minimum Gasteiger partial charge on any atom is -0.463 e. The fraction of sp³-hybridized carbons (Fsp3) is 0.333. The third kappa shape index (κ3) is 4.08. The molecule has 2 N–H and O–H groups in total. The smallest absolute Gasteiger partial charge is 0.340 e. The van der Waals surface area contributed by atoms with Gasteiger partial charge < -0.3 is 19.9 Å². The van der Waals surface area contributed by atoms with Crippen molar-refractivity contribution in [2.24, 2.45) is 5.73 Å². The summed E-state index contributed by atoms with van der Waals surface area (Å²) in [5.74, 6) is -2.36. The lowest BCUT2D eigenvalue weighted by molar-refractivity contribution is -0.384. The average molecular weight is 376 g/mol. The number of esters is 2. The number of nitrogens with two attached hydrogens (primary N) is 1. The summed E-state index contributed by atoms with van der Waals surface area (Å²) in [7, 11) is 0. The number of non-ortho nitro benzene ring substituents is 1. The first-order valence-electron chi connectivity index (χ1n) is 8.28. The van der Waals surface area contributed by atoms with Crippen LogP contribution in [0, 0.1) is 10.1 Å². The van der Waals surface area contributed by atoms with Gasteiger partial charge in [0.15, 0.2) is 0 Å². The fourth-order valence-electron chi connectivity index (χ4n) is 2.78. The highest BCUT2D eigenvalue weighted by atomic mass is 16.6. The molecular formula is C18H20N2O7. The number of carbonyl (C=O) groups is 2. The van der Waals surface area contributed by atoms with E-state index >= 15 is 0 Å². The molecule has 1 atom stereocenters. The Morgan fingerprint density at radius 1 is 1.11 bits per heavy atom. The molecule has 0 amide bonds. The molecule has 0 saturated heterocycles. The second-order valence-electron chi connectivity index (χ2n) is 5.57. The molecule has 2 rings (SSSR count). The van der Waals surface area contributed by atoms with Crippen molar-refractivity contribution in [2.45, 2.75) is 26.7 Å². The molecule has 0 spiro atoms. The van der Waals surface area contributed by atoms with Gasteiger partial charge in [0.2, 0.25) is 5.88 Å². The first-order chi connectivity index (χ1) is 12.8. The third-order valence-electron chi connectivity index (χ3n) is 3.91. The Kier molecular flexibility index (Phi) is 6.17. The third-order valence-corrected chi connectivity index (χ3v) is 3.91. The van der Waals surface area contributed by atoms with E-state index in [9.17, 15) is 19.7 Å². The molecule has 1 aromatic carbocycles. The van der Waals surface area contributed by atoms with Crippen LogP contribution in [-0.4, -0.2) is 30.1 Å². The highest BCUT2D eigenvalue weighted by molar-refractivity contribution is 5.99. The van der Waals surface area contributed by atoms with Crippen molar-refractivity contribution in [1.29, 1.82) is 0 Å². The second kappa shape index (κ2) is 8.35. The molecule has 0 radical (unpaired) electrons. The number of ether oxygens (including phenoxy) is 3. The molecule has 9 heteroatoms. The molecule has 1 aliphatic heterocycles. The number of rotatable bonds is 6. The summed E-state index contributed by atoms with van der Waals surface area (Å²) in [6, 6.07) is 5.46. The highest BCUT2D eigenvalue weighted by Crippen LogP contribution is 2.40. The van der Waals surface area contributed by atoms with Gasteiger partial charge in [-0.2, -0.15) is 0 Å². The Bertz CT molecular complexity index is 785. The summed E-state index contributed by atoms with van der Waals surface area (Å²) < 4.78 is 15.5. The van der Waals surface area contributed by atoms with E-state index in [0.29, 0.717) is 5.56 Å². The van der Waals surface area contributed by atoms with E-state index in [1.165, 1.54) is 31.2 Å². The van der Waals surface area contributed by atoms with Gasteiger partial charge in [0.25, 0.3) is 5.69 Å². The minimum atomic E-state index is -0.933. The van der Waals surface area contributed by atoms with Gasteiger partial charge in [-0.1, -0.05) is 12.1 Å². The zero-order valence-corrected chi connectivity index (χ0v) is 15.2. The Morgan fingerprint density at radius 2 is 1.63 bits per heavy atom. The van der Waals surface area contributed by atoms with Crippen LogP contribution in [0.25, 0.3) is 0 Å². The monoisotopic (exact) mass is 376 g/mol. The van der Waals surface area contributed by atoms with Crippen LogP contribution in [0.5, 0.6) is 0 Å². The Labute approximate surface area is 155 Å².